The molecule has 0 radical (unpaired) electrons. The molecule has 1 fully saturated rings. The molecule has 1 aliphatic rings. The summed E-state index contributed by atoms with van der Waals surface area (Å²) in [7, 11) is -3.35. The first-order valence-corrected chi connectivity index (χ1v) is 8.57. The van der Waals surface area contributed by atoms with Crippen molar-refractivity contribution in [1.82, 2.24) is 9.29 Å². The van der Waals surface area contributed by atoms with Crippen LogP contribution in [-0.4, -0.2) is 30.8 Å². The number of piperidine rings is 1. The van der Waals surface area contributed by atoms with E-state index in [9.17, 15) is 8.42 Å². The lowest BCUT2D eigenvalue weighted by atomic mass is 9.91. The van der Waals surface area contributed by atoms with Gasteiger partial charge in [-0.3, -0.25) is 4.98 Å². The molecule has 3 rings (SSSR count). The van der Waals surface area contributed by atoms with Gasteiger partial charge < -0.3 is 0 Å². The second-order valence-electron chi connectivity index (χ2n) is 5.27. The van der Waals surface area contributed by atoms with Crippen LogP contribution < -0.4 is 0 Å². The highest BCUT2D eigenvalue weighted by atomic mass is 32.2. The second-order valence-corrected chi connectivity index (χ2v) is 7.21. The van der Waals surface area contributed by atoms with E-state index in [0.29, 0.717) is 23.9 Å². The number of hydrogen-bond acceptors (Lipinski definition) is 3. The van der Waals surface area contributed by atoms with Gasteiger partial charge in [-0.1, -0.05) is 18.2 Å². The zero-order valence-electron chi connectivity index (χ0n) is 11.7. The maximum atomic E-state index is 12.5. The molecule has 21 heavy (non-hydrogen) atoms. The van der Waals surface area contributed by atoms with Crippen molar-refractivity contribution in [1.29, 1.82) is 0 Å². The minimum absolute atomic E-state index is 0.382. The monoisotopic (exact) mass is 302 g/mol. The molecular formula is C16H18N2O2S. The molecule has 1 saturated heterocycles. The second kappa shape index (κ2) is 5.95. The van der Waals surface area contributed by atoms with Crippen LogP contribution in [0.3, 0.4) is 0 Å². The topological polar surface area (TPSA) is 50.3 Å². The van der Waals surface area contributed by atoms with Crippen LogP contribution in [0.1, 0.15) is 24.3 Å². The smallest absolute Gasteiger partial charge is 0.243 e. The average Bonchev–Trinajstić information content (AvgIpc) is 2.57. The first-order chi connectivity index (χ1) is 10.2. The average molecular weight is 302 g/mol. The van der Waals surface area contributed by atoms with Crippen LogP contribution >= 0.6 is 0 Å². The number of aromatic nitrogens is 1. The summed E-state index contributed by atoms with van der Waals surface area (Å²) in [5.74, 6) is 0.426. The third-order valence-corrected chi connectivity index (χ3v) is 5.93. The summed E-state index contributed by atoms with van der Waals surface area (Å²) < 4.78 is 26.7. The standard InChI is InChI=1S/C16H18N2O2S/c19-21(20,16-4-2-1-3-5-16)18-12-8-15(9-13-18)14-6-10-17-11-7-14/h1-7,10-11,15H,8-9,12-13H2. The van der Waals surface area contributed by atoms with E-state index < -0.39 is 10.0 Å². The van der Waals surface area contributed by atoms with Crippen LogP contribution in [0.2, 0.25) is 0 Å². The fourth-order valence-corrected chi connectivity index (χ4v) is 4.30. The molecule has 0 atom stereocenters. The molecule has 1 aromatic carbocycles. The van der Waals surface area contributed by atoms with Gasteiger partial charge in [-0.15, -0.1) is 0 Å². The van der Waals surface area contributed by atoms with Gasteiger partial charge in [0.2, 0.25) is 10.0 Å². The fraction of sp³-hybridized carbons (Fsp3) is 0.312. The minimum atomic E-state index is -3.35. The summed E-state index contributed by atoms with van der Waals surface area (Å²) in [6, 6.07) is 12.7. The van der Waals surface area contributed by atoms with E-state index in [2.05, 4.69) is 4.98 Å². The normalized spacial score (nSPS) is 17.7. The van der Waals surface area contributed by atoms with Gasteiger partial charge in [-0.2, -0.15) is 4.31 Å². The molecule has 0 N–H and O–H groups in total. The van der Waals surface area contributed by atoms with E-state index in [1.165, 1.54) is 5.56 Å². The number of rotatable bonds is 3. The molecule has 2 aromatic rings. The molecule has 4 nitrogen and oxygen atoms in total. The van der Waals surface area contributed by atoms with Crippen molar-refractivity contribution in [3.63, 3.8) is 0 Å². The summed E-state index contributed by atoms with van der Waals surface area (Å²) >= 11 is 0. The number of sulfonamides is 1. The minimum Gasteiger partial charge on any atom is -0.265 e. The summed E-state index contributed by atoms with van der Waals surface area (Å²) in [4.78, 5) is 4.41. The van der Waals surface area contributed by atoms with Crippen LogP contribution in [0, 0.1) is 0 Å². The molecule has 5 heteroatoms. The van der Waals surface area contributed by atoms with Gasteiger partial charge in [0, 0.05) is 25.5 Å². The lowest BCUT2D eigenvalue weighted by Gasteiger charge is -2.31. The zero-order valence-corrected chi connectivity index (χ0v) is 12.5. The molecule has 0 unspecified atom stereocenters. The van der Waals surface area contributed by atoms with Crippen molar-refractivity contribution in [2.75, 3.05) is 13.1 Å². The first kappa shape index (κ1) is 14.2. The van der Waals surface area contributed by atoms with Crippen molar-refractivity contribution in [3.05, 3.63) is 60.4 Å². The Balaban J connectivity index is 1.72. The molecular weight excluding hydrogens is 284 g/mol. The van der Waals surface area contributed by atoms with Gasteiger partial charge >= 0.3 is 0 Å². The summed E-state index contributed by atoms with van der Waals surface area (Å²) in [6.45, 7) is 1.15. The van der Waals surface area contributed by atoms with Crippen LogP contribution in [0.5, 0.6) is 0 Å². The Labute approximate surface area is 125 Å². The van der Waals surface area contributed by atoms with Crippen molar-refractivity contribution in [3.8, 4) is 0 Å². The van der Waals surface area contributed by atoms with E-state index in [0.717, 1.165) is 12.8 Å². The Hall–Kier alpha value is -1.72. The number of hydrogen-bond donors (Lipinski definition) is 0. The maximum absolute atomic E-state index is 12.5. The lowest BCUT2D eigenvalue weighted by Crippen LogP contribution is -2.37. The SMILES string of the molecule is O=S(=O)(c1ccccc1)N1CCC(c2ccncc2)CC1. The highest BCUT2D eigenvalue weighted by molar-refractivity contribution is 7.89. The maximum Gasteiger partial charge on any atom is 0.243 e. The molecule has 0 saturated carbocycles. The van der Waals surface area contributed by atoms with Crippen molar-refractivity contribution in [2.24, 2.45) is 0 Å². The highest BCUT2D eigenvalue weighted by Gasteiger charge is 2.29. The van der Waals surface area contributed by atoms with Gasteiger partial charge in [0.05, 0.1) is 4.90 Å². The van der Waals surface area contributed by atoms with E-state index in [1.54, 1.807) is 41.0 Å². The van der Waals surface area contributed by atoms with Crippen molar-refractivity contribution >= 4 is 10.0 Å². The predicted octanol–water partition coefficient (Wildman–Crippen LogP) is 2.65. The molecule has 0 spiro atoms. The number of benzene rings is 1. The Bertz CT molecular complexity index is 679. The van der Waals surface area contributed by atoms with Crippen LogP contribution in [0.4, 0.5) is 0 Å². The molecule has 1 aliphatic heterocycles. The number of nitrogens with zero attached hydrogens (tertiary/aromatic N) is 2. The van der Waals surface area contributed by atoms with Gasteiger partial charge in [-0.25, -0.2) is 8.42 Å². The van der Waals surface area contributed by atoms with Gasteiger partial charge in [-0.05, 0) is 48.6 Å². The molecule has 0 amide bonds. The molecule has 110 valence electrons. The summed E-state index contributed by atoms with van der Waals surface area (Å²) in [5, 5.41) is 0. The van der Waals surface area contributed by atoms with E-state index in [-0.39, 0.29) is 0 Å². The van der Waals surface area contributed by atoms with Gasteiger partial charge in [0.25, 0.3) is 0 Å². The fourth-order valence-electron chi connectivity index (χ4n) is 2.81. The van der Waals surface area contributed by atoms with Crippen molar-refractivity contribution in [2.45, 2.75) is 23.7 Å². The highest BCUT2D eigenvalue weighted by Crippen LogP contribution is 2.30. The van der Waals surface area contributed by atoms with Gasteiger partial charge in [0.15, 0.2) is 0 Å². The van der Waals surface area contributed by atoms with E-state index >= 15 is 0 Å². The van der Waals surface area contributed by atoms with E-state index in [4.69, 9.17) is 0 Å². The molecule has 2 heterocycles. The summed E-state index contributed by atoms with van der Waals surface area (Å²) in [6.07, 6.45) is 5.30. The Morgan fingerprint density at radius 2 is 1.57 bits per heavy atom. The van der Waals surface area contributed by atoms with Gasteiger partial charge in [0.1, 0.15) is 0 Å². The quantitative estimate of drug-likeness (QED) is 0.876. The predicted molar refractivity (Wildman–Crippen MR) is 81.4 cm³/mol. The van der Waals surface area contributed by atoms with Crippen molar-refractivity contribution < 1.29 is 8.42 Å². The van der Waals surface area contributed by atoms with Crippen LogP contribution in [0.15, 0.2) is 59.8 Å². The third-order valence-electron chi connectivity index (χ3n) is 4.01. The zero-order chi connectivity index (χ0) is 14.7. The van der Waals surface area contributed by atoms with E-state index in [1.807, 2.05) is 18.2 Å². The number of pyridine rings is 1. The Morgan fingerprint density at radius 3 is 2.19 bits per heavy atom. The summed E-state index contributed by atoms with van der Waals surface area (Å²) in [5.41, 5.74) is 1.25. The molecule has 0 bridgehead atoms. The largest absolute Gasteiger partial charge is 0.265 e. The third kappa shape index (κ3) is 2.99. The lowest BCUT2D eigenvalue weighted by molar-refractivity contribution is 0.319. The van der Waals surface area contributed by atoms with Crippen LogP contribution in [0.25, 0.3) is 0 Å². The molecule has 1 aromatic heterocycles. The first-order valence-electron chi connectivity index (χ1n) is 7.13. The van der Waals surface area contributed by atoms with Crippen LogP contribution in [-0.2, 0) is 10.0 Å². The molecule has 0 aliphatic carbocycles. The Kier molecular flexibility index (Phi) is 4.03. The Morgan fingerprint density at radius 1 is 0.952 bits per heavy atom.